The van der Waals surface area contributed by atoms with Crippen LogP contribution in [0.2, 0.25) is 0 Å². The molecule has 0 radical (unpaired) electrons. The lowest BCUT2D eigenvalue weighted by Gasteiger charge is -2.22. The number of likely N-dealkylation sites (N-methyl/N-ethyl adjacent to an activating group) is 1. The Hall–Kier alpha value is -2.34. The van der Waals surface area contributed by atoms with Gasteiger partial charge >= 0.3 is 0 Å². The van der Waals surface area contributed by atoms with Crippen LogP contribution in [0.1, 0.15) is 36.7 Å². The van der Waals surface area contributed by atoms with E-state index in [1.165, 1.54) is 17.0 Å². The van der Waals surface area contributed by atoms with E-state index in [0.29, 0.717) is 23.9 Å². The Balaban J connectivity index is 2.00. The van der Waals surface area contributed by atoms with Crippen molar-refractivity contribution >= 4 is 23.6 Å². The fraction of sp³-hybridized carbons (Fsp3) is 0.333. The zero-order chi connectivity index (χ0) is 19.8. The van der Waals surface area contributed by atoms with Gasteiger partial charge in [-0.25, -0.2) is 4.39 Å². The van der Waals surface area contributed by atoms with Crippen molar-refractivity contribution in [2.45, 2.75) is 37.5 Å². The van der Waals surface area contributed by atoms with Crippen molar-refractivity contribution in [3.05, 3.63) is 65.5 Å². The van der Waals surface area contributed by atoms with Gasteiger partial charge in [0, 0.05) is 23.2 Å². The monoisotopic (exact) mass is 388 g/mol. The quantitative estimate of drug-likeness (QED) is 0.693. The lowest BCUT2D eigenvalue weighted by molar-refractivity contribution is -0.121. The van der Waals surface area contributed by atoms with Gasteiger partial charge in [-0.3, -0.25) is 9.59 Å². The van der Waals surface area contributed by atoms with Gasteiger partial charge in [-0.2, -0.15) is 0 Å². The summed E-state index contributed by atoms with van der Waals surface area (Å²) >= 11 is 1.63. The predicted molar refractivity (Wildman–Crippen MR) is 107 cm³/mol. The summed E-state index contributed by atoms with van der Waals surface area (Å²) in [4.78, 5) is 27.6. The molecule has 144 valence electrons. The highest BCUT2D eigenvalue weighted by molar-refractivity contribution is 8.00. The second-order valence-electron chi connectivity index (χ2n) is 6.39. The molecule has 27 heavy (non-hydrogen) atoms. The molecule has 2 amide bonds. The van der Waals surface area contributed by atoms with Crippen LogP contribution in [0.4, 0.5) is 4.39 Å². The number of halogens is 1. The van der Waals surface area contributed by atoms with Gasteiger partial charge < -0.3 is 10.2 Å². The first-order valence-electron chi connectivity index (χ1n) is 8.96. The lowest BCUT2D eigenvalue weighted by Crippen LogP contribution is -2.40. The number of carbonyl (C=O) groups is 2. The molecule has 1 N–H and O–H groups in total. The Labute approximate surface area is 164 Å². The molecule has 0 aliphatic heterocycles. The average molecular weight is 389 g/mol. The van der Waals surface area contributed by atoms with E-state index in [0.717, 1.165) is 10.5 Å². The summed E-state index contributed by atoms with van der Waals surface area (Å²) in [5.74, 6) is -0.715. The number of thioether (sulfide) groups is 1. The summed E-state index contributed by atoms with van der Waals surface area (Å²) in [6.45, 7) is 6.72. The molecule has 0 atom stereocenters. The third-order valence-corrected chi connectivity index (χ3v) is 4.97. The molecule has 0 aromatic heterocycles. The lowest BCUT2D eigenvalue weighted by atomic mass is 10.2. The Morgan fingerprint density at radius 3 is 2.41 bits per heavy atom. The molecule has 6 heteroatoms. The van der Waals surface area contributed by atoms with Crippen LogP contribution in [0.25, 0.3) is 0 Å². The van der Waals surface area contributed by atoms with Crippen LogP contribution < -0.4 is 5.32 Å². The fourth-order valence-corrected chi connectivity index (χ4v) is 3.48. The average Bonchev–Trinajstić information content (AvgIpc) is 2.65. The molecule has 0 saturated carbocycles. The second kappa shape index (κ2) is 10.1. The highest BCUT2D eigenvalue weighted by Crippen LogP contribution is 2.27. The van der Waals surface area contributed by atoms with E-state index in [2.05, 4.69) is 19.2 Å². The number of nitrogens with one attached hydrogen (secondary N) is 1. The van der Waals surface area contributed by atoms with E-state index >= 15 is 0 Å². The van der Waals surface area contributed by atoms with Crippen LogP contribution in [0.5, 0.6) is 0 Å². The predicted octanol–water partition coefficient (Wildman–Crippen LogP) is 4.10. The van der Waals surface area contributed by atoms with Gasteiger partial charge in [-0.1, -0.05) is 38.1 Å². The first-order valence-corrected chi connectivity index (χ1v) is 9.84. The second-order valence-corrected chi connectivity index (χ2v) is 8.00. The number of hydrogen-bond acceptors (Lipinski definition) is 3. The van der Waals surface area contributed by atoms with Crippen molar-refractivity contribution in [2.75, 3.05) is 13.1 Å². The topological polar surface area (TPSA) is 49.4 Å². The summed E-state index contributed by atoms with van der Waals surface area (Å²) < 4.78 is 12.9. The minimum Gasteiger partial charge on any atom is -0.350 e. The molecule has 2 rings (SSSR count). The van der Waals surface area contributed by atoms with Crippen molar-refractivity contribution in [3.63, 3.8) is 0 Å². The number of carbonyl (C=O) groups excluding carboxylic acids is 2. The zero-order valence-corrected chi connectivity index (χ0v) is 16.7. The number of nitrogens with zero attached hydrogens (tertiary/aromatic N) is 1. The van der Waals surface area contributed by atoms with Gasteiger partial charge in [0.25, 0.3) is 5.91 Å². The van der Waals surface area contributed by atoms with E-state index in [1.807, 2.05) is 25.1 Å². The first kappa shape index (κ1) is 21.0. The van der Waals surface area contributed by atoms with Gasteiger partial charge in [0.05, 0.1) is 12.1 Å². The van der Waals surface area contributed by atoms with Gasteiger partial charge in [-0.15, -0.1) is 11.8 Å². The van der Waals surface area contributed by atoms with Crippen LogP contribution in [0.3, 0.4) is 0 Å². The molecule has 0 spiro atoms. The highest BCUT2D eigenvalue weighted by Gasteiger charge is 2.20. The van der Waals surface area contributed by atoms with E-state index in [-0.39, 0.29) is 24.2 Å². The van der Waals surface area contributed by atoms with Gasteiger partial charge in [0.15, 0.2) is 0 Å². The molecular weight excluding hydrogens is 363 g/mol. The number of hydrogen-bond donors (Lipinski definition) is 1. The van der Waals surface area contributed by atoms with Crippen molar-refractivity contribution in [2.24, 2.45) is 0 Å². The highest BCUT2D eigenvalue weighted by atomic mass is 32.2. The summed E-state index contributed by atoms with van der Waals surface area (Å²) in [6.07, 6.45) is 0. The van der Waals surface area contributed by atoms with E-state index in [1.54, 1.807) is 30.0 Å². The molecule has 2 aromatic carbocycles. The molecule has 0 aliphatic rings. The maximum absolute atomic E-state index is 12.9. The minimum atomic E-state index is -0.314. The normalized spacial score (nSPS) is 10.7. The third-order valence-electron chi connectivity index (χ3n) is 3.89. The van der Waals surface area contributed by atoms with Crippen LogP contribution in [0, 0.1) is 5.82 Å². The van der Waals surface area contributed by atoms with Crippen molar-refractivity contribution in [3.8, 4) is 0 Å². The fourth-order valence-electron chi connectivity index (χ4n) is 2.53. The maximum Gasteiger partial charge on any atom is 0.255 e. The molecule has 0 saturated heterocycles. The Morgan fingerprint density at radius 1 is 1.11 bits per heavy atom. The third kappa shape index (κ3) is 6.40. The van der Waals surface area contributed by atoms with Crippen LogP contribution >= 0.6 is 11.8 Å². The molecule has 2 aromatic rings. The Bertz CT molecular complexity index is 778. The summed E-state index contributed by atoms with van der Waals surface area (Å²) in [5, 5.41) is 3.13. The van der Waals surface area contributed by atoms with Crippen LogP contribution in [-0.2, 0) is 11.3 Å². The molecule has 0 fully saturated rings. The molecule has 0 bridgehead atoms. The minimum absolute atomic E-state index is 0.0167. The van der Waals surface area contributed by atoms with Crippen molar-refractivity contribution in [1.82, 2.24) is 10.2 Å². The molecule has 4 nitrogen and oxygen atoms in total. The van der Waals surface area contributed by atoms with Crippen LogP contribution in [-0.4, -0.2) is 35.1 Å². The first-order chi connectivity index (χ1) is 12.9. The SMILES string of the molecule is CCN(CC(=O)NCc1ccc(F)cc1)C(=O)c1ccccc1SC(C)C. The van der Waals surface area contributed by atoms with Gasteiger partial charge in [0.2, 0.25) is 5.91 Å². The van der Waals surface area contributed by atoms with E-state index < -0.39 is 0 Å². The smallest absolute Gasteiger partial charge is 0.255 e. The number of benzene rings is 2. The zero-order valence-electron chi connectivity index (χ0n) is 15.9. The molecule has 0 aliphatic carbocycles. The summed E-state index contributed by atoms with van der Waals surface area (Å²) in [7, 11) is 0. The standard InChI is InChI=1S/C21H25FN2O2S/c1-4-24(14-20(25)23-13-16-9-11-17(22)12-10-16)21(26)18-7-5-6-8-19(18)27-15(2)3/h5-12,15H,4,13-14H2,1-3H3,(H,23,25). The molecule has 0 heterocycles. The van der Waals surface area contributed by atoms with E-state index in [4.69, 9.17) is 0 Å². The van der Waals surface area contributed by atoms with Gasteiger partial charge in [-0.05, 0) is 36.8 Å². The number of rotatable bonds is 8. The van der Waals surface area contributed by atoms with Crippen molar-refractivity contribution in [1.29, 1.82) is 0 Å². The van der Waals surface area contributed by atoms with Crippen molar-refractivity contribution < 1.29 is 14.0 Å². The Morgan fingerprint density at radius 2 is 1.78 bits per heavy atom. The molecular formula is C21H25FN2O2S. The summed E-state index contributed by atoms with van der Waals surface area (Å²) in [6, 6.07) is 13.4. The van der Waals surface area contributed by atoms with Gasteiger partial charge in [0.1, 0.15) is 5.82 Å². The molecule has 0 unspecified atom stereocenters. The number of amides is 2. The van der Waals surface area contributed by atoms with E-state index in [9.17, 15) is 14.0 Å². The van der Waals surface area contributed by atoms with Crippen LogP contribution in [0.15, 0.2) is 53.4 Å². The largest absolute Gasteiger partial charge is 0.350 e. The summed E-state index contributed by atoms with van der Waals surface area (Å²) in [5.41, 5.74) is 1.42. The maximum atomic E-state index is 12.9. The Kier molecular flexibility index (Phi) is 7.85.